The molecule has 0 saturated heterocycles. The second-order valence-electron chi connectivity index (χ2n) is 6.62. The van der Waals surface area contributed by atoms with E-state index in [1.807, 2.05) is 38.1 Å². The molecule has 28 heavy (non-hydrogen) atoms. The molecule has 0 aliphatic carbocycles. The fraction of sp³-hybridized carbons (Fsp3) is 0.364. The number of methoxy groups -OCH3 is 1. The van der Waals surface area contributed by atoms with Crippen molar-refractivity contribution >= 4 is 12.1 Å². The number of carbonyl (C=O) groups is 1. The number of amides is 1. The van der Waals surface area contributed by atoms with Gasteiger partial charge >= 0.3 is 0 Å². The summed E-state index contributed by atoms with van der Waals surface area (Å²) in [5.74, 6) is 1.99. The molecule has 6 heteroatoms. The number of nitrogens with one attached hydrogen (secondary N) is 1. The summed E-state index contributed by atoms with van der Waals surface area (Å²) in [5, 5.41) is 3.98. The molecule has 0 atom stereocenters. The minimum atomic E-state index is -0.328. The zero-order chi connectivity index (χ0) is 20.5. The molecule has 0 bridgehead atoms. The lowest BCUT2D eigenvalue weighted by Crippen LogP contribution is -2.25. The molecule has 0 aliphatic heterocycles. The Bertz CT molecular complexity index is 831. The predicted molar refractivity (Wildman–Crippen MR) is 111 cm³/mol. The monoisotopic (exact) mass is 384 g/mol. The Hall–Kier alpha value is -3.02. The van der Waals surface area contributed by atoms with Crippen molar-refractivity contribution in [3.05, 3.63) is 53.1 Å². The largest absolute Gasteiger partial charge is 0.493 e. The van der Waals surface area contributed by atoms with Crippen molar-refractivity contribution in [2.75, 3.05) is 20.3 Å². The van der Waals surface area contributed by atoms with Gasteiger partial charge in [-0.05, 0) is 60.7 Å². The second kappa shape index (κ2) is 10.3. The molecule has 150 valence electrons. The van der Waals surface area contributed by atoms with Gasteiger partial charge < -0.3 is 14.2 Å². The summed E-state index contributed by atoms with van der Waals surface area (Å²) in [6.07, 6.45) is 1.54. The molecular weight excluding hydrogens is 356 g/mol. The number of aryl methyl sites for hydroxylation is 1. The zero-order valence-electron chi connectivity index (χ0n) is 17.1. The number of hydrazone groups is 1. The molecule has 0 aromatic heterocycles. The number of benzene rings is 2. The minimum absolute atomic E-state index is 0.104. The smallest absolute Gasteiger partial charge is 0.277 e. The predicted octanol–water partition coefficient (Wildman–Crippen LogP) is 4.05. The highest BCUT2D eigenvalue weighted by molar-refractivity contribution is 5.83. The molecule has 2 aromatic carbocycles. The van der Waals surface area contributed by atoms with Crippen LogP contribution in [0.1, 0.15) is 43.4 Å². The van der Waals surface area contributed by atoms with Crippen molar-refractivity contribution < 1.29 is 19.0 Å². The van der Waals surface area contributed by atoms with Gasteiger partial charge in [0.05, 0.1) is 19.9 Å². The van der Waals surface area contributed by atoms with Crippen LogP contribution in [0, 0.1) is 6.92 Å². The summed E-state index contributed by atoms with van der Waals surface area (Å²) in [6, 6.07) is 11.4. The maximum Gasteiger partial charge on any atom is 0.277 e. The topological polar surface area (TPSA) is 69.2 Å². The van der Waals surface area contributed by atoms with Crippen LogP contribution >= 0.6 is 0 Å². The first-order valence-corrected chi connectivity index (χ1v) is 9.30. The zero-order valence-corrected chi connectivity index (χ0v) is 17.1. The van der Waals surface area contributed by atoms with Crippen LogP contribution in [0.3, 0.4) is 0 Å². The standard InChI is InChI=1S/C22H28N2O4/c1-6-27-19-10-8-17(12-21(19)26-5)13-23-24-22(25)14-28-20-11-16(4)7-9-18(20)15(2)3/h7-13,15H,6,14H2,1-5H3,(H,24,25)/b23-13+. The molecule has 0 saturated carbocycles. The second-order valence-corrected chi connectivity index (χ2v) is 6.62. The molecule has 2 aromatic rings. The molecular formula is C22H28N2O4. The van der Waals surface area contributed by atoms with E-state index in [0.29, 0.717) is 24.0 Å². The Labute approximate surface area is 166 Å². The Morgan fingerprint density at radius 2 is 1.89 bits per heavy atom. The third-order valence-corrected chi connectivity index (χ3v) is 4.04. The maximum absolute atomic E-state index is 12.0. The van der Waals surface area contributed by atoms with Crippen molar-refractivity contribution in [1.29, 1.82) is 0 Å². The van der Waals surface area contributed by atoms with Crippen molar-refractivity contribution in [3.8, 4) is 17.2 Å². The molecule has 6 nitrogen and oxygen atoms in total. The third-order valence-electron chi connectivity index (χ3n) is 4.04. The van der Waals surface area contributed by atoms with Gasteiger partial charge in [-0.2, -0.15) is 5.10 Å². The molecule has 1 amide bonds. The maximum atomic E-state index is 12.0. The Kier molecular flexibility index (Phi) is 7.87. The summed E-state index contributed by atoms with van der Waals surface area (Å²) < 4.78 is 16.5. The lowest BCUT2D eigenvalue weighted by atomic mass is 10.0. The van der Waals surface area contributed by atoms with Gasteiger partial charge in [-0.3, -0.25) is 4.79 Å². The lowest BCUT2D eigenvalue weighted by Gasteiger charge is -2.14. The van der Waals surface area contributed by atoms with Gasteiger partial charge in [0, 0.05) is 0 Å². The average molecular weight is 384 g/mol. The third kappa shape index (κ3) is 6.01. The van der Waals surface area contributed by atoms with E-state index in [-0.39, 0.29) is 12.5 Å². The fourth-order valence-electron chi connectivity index (χ4n) is 2.64. The number of rotatable bonds is 9. The van der Waals surface area contributed by atoms with Crippen molar-refractivity contribution in [2.24, 2.45) is 5.10 Å². The Morgan fingerprint density at radius 3 is 2.57 bits per heavy atom. The molecule has 1 N–H and O–H groups in total. The summed E-state index contributed by atoms with van der Waals surface area (Å²) in [7, 11) is 1.58. The number of hydrogen-bond donors (Lipinski definition) is 1. The Balaban J connectivity index is 1.93. The summed E-state index contributed by atoms with van der Waals surface area (Å²) in [6.45, 7) is 8.53. The van der Waals surface area contributed by atoms with E-state index in [4.69, 9.17) is 14.2 Å². The van der Waals surface area contributed by atoms with Gasteiger partial charge in [0.15, 0.2) is 18.1 Å². The fourth-order valence-corrected chi connectivity index (χ4v) is 2.64. The first kappa shape index (κ1) is 21.3. The molecule has 0 aliphatic rings. The van der Waals surface area contributed by atoms with Crippen LogP contribution in [0.5, 0.6) is 17.2 Å². The van der Waals surface area contributed by atoms with Gasteiger partial charge in [-0.25, -0.2) is 5.43 Å². The number of ether oxygens (including phenoxy) is 3. The van der Waals surface area contributed by atoms with Crippen LogP contribution in [-0.4, -0.2) is 32.4 Å². The first-order valence-electron chi connectivity index (χ1n) is 9.30. The SMILES string of the molecule is CCOc1ccc(/C=N/NC(=O)COc2cc(C)ccc2C(C)C)cc1OC. The van der Waals surface area contributed by atoms with E-state index in [2.05, 4.69) is 24.4 Å². The van der Waals surface area contributed by atoms with Gasteiger partial charge in [0.1, 0.15) is 5.75 Å². The van der Waals surface area contributed by atoms with Crippen molar-refractivity contribution in [2.45, 2.75) is 33.6 Å². The van der Waals surface area contributed by atoms with E-state index < -0.39 is 0 Å². The highest BCUT2D eigenvalue weighted by Crippen LogP contribution is 2.28. The van der Waals surface area contributed by atoms with Gasteiger partial charge in [-0.1, -0.05) is 26.0 Å². The molecule has 0 fully saturated rings. The van der Waals surface area contributed by atoms with Crippen LogP contribution in [0.25, 0.3) is 0 Å². The van der Waals surface area contributed by atoms with Crippen LogP contribution in [0.4, 0.5) is 0 Å². The highest BCUT2D eigenvalue weighted by Gasteiger charge is 2.10. The average Bonchev–Trinajstić information content (AvgIpc) is 2.67. The number of carbonyl (C=O) groups excluding carboxylic acids is 1. The normalized spacial score (nSPS) is 10.9. The van der Waals surface area contributed by atoms with Crippen LogP contribution in [-0.2, 0) is 4.79 Å². The van der Waals surface area contributed by atoms with E-state index in [1.165, 1.54) is 0 Å². The number of hydrogen-bond acceptors (Lipinski definition) is 5. The van der Waals surface area contributed by atoms with E-state index in [9.17, 15) is 4.79 Å². The molecule has 0 heterocycles. The summed E-state index contributed by atoms with van der Waals surface area (Å²) >= 11 is 0. The van der Waals surface area contributed by atoms with E-state index in [1.54, 1.807) is 25.5 Å². The minimum Gasteiger partial charge on any atom is -0.493 e. The van der Waals surface area contributed by atoms with Gasteiger partial charge in [-0.15, -0.1) is 0 Å². The molecule has 2 rings (SSSR count). The van der Waals surface area contributed by atoms with Crippen LogP contribution < -0.4 is 19.6 Å². The summed E-state index contributed by atoms with van der Waals surface area (Å²) in [5.41, 5.74) is 5.41. The number of nitrogens with zero attached hydrogens (tertiary/aromatic N) is 1. The Morgan fingerprint density at radius 1 is 1.11 bits per heavy atom. The van der Waals surface area contributed by atoms with Crippen molar-refractivity contribution in [1.82, 2.24) is 5.43 Å². The molecule has 0 radical (unpaired) electrons. The quantitative estimate of drug-likeness (QED) is 0.523. The van der Waals surface area contributed by atoms with Crippen LogP contribution in [0.2, 0.25) is 0 Å². The molecule has 0 unspecified atom stereocenters. The lowest BCUT2D eigenvalue weighted by molar-refractivity contribution is -0.123. The van der Waals surface area contributed by atoms with Crippen LogP contribution in [0.15, 0.2) is 41.5 Å². The van der Waals surface area contributed by atoms with Crippen molar-refractivity contribution in [3.63, 3.8) is 0 Å². The van der Waals surface area contributed by atoms with Gasteiger partial charge in [0.2, 0.25) is 0 Å². The highest BCUT2D eigenvalue weighted by atomic mass is 16.5. The molecule has 0 spiro atoms. The van der Waals surface area contributed by atoms with E-state index in [0.717, 1.165) is 22.4 Å². The van der Waals surface area contributed by atoms with Gasteiger partial charge in [0.25, 0.3) is 5.91 Å². The summed E-state index contributed by atoms with van der Waals surface area (Å²) in [4.78, 5) is 12.0. The first-order chi connectivity index (χ1) is 13.4. The van der Waals surface area contributed by atoms with E-state index >= 15 is 0 Å².